The van der Waals surface area contributed by atoms with Crippen molar-refractivity contribution in [3.8, 4) is 5.75 Å². The number of benzene rings is 1. The van der Waals surface area contributed by atoms with Gasteiger partial charge < -0.3 is 9.47 Å². The fourth-order valence-electron chi connectivity index (χ4n) is 1.52. The van der Waals surface area contributed by atoms with Crippen molar-refractivity contribution in [3.05, 3.63) is 43.9 Å². The smallest absolute Gasteiger partial charge is 0.333 e. The molecule has 8 heteroatoms. The van der Waals surface area contributed by atoms with Crippen molar-refractivity contribution < 1.29 is 19.2 Å². The summed E-state index contributed by atoms with van der Waals surface area (Å²) in [5, 5.41) is 10.7. The van der Waals surface area contributed by atoms with Gasteiger partial charge in [0.2, 0.25) is 0 Å². The minimum absolute atomic E-state index is 0.0266. The molecule has 21 heavy (non-hydrogen) atoms. The largest absolute Gasteiger partial charge is 0.486 e. The number of nitro groups is 1. The summed E-state index contributed by atoms with van der Waals surface area (Å²) in [4.78, 5) is 21.4. The molecule has 1 aromatic rings. The number of rotatable bonds is 6. The van der Waals surface area contributed by atoms with E-state index in [9.17, 15) is 14.9 Å². The average molecular weight is 334 g/mol. The van der Waals surface area contributed by atoms with Crippen LogP contribution in [0.3, 0.4) is 0 Å². The Morgan fingerprint density at radius 2 is 1.95 bits per heavy atom. The number of nitrogens with zero attached hydrogens (tertiary/aromatic N) is 1. The first-order valence-corrected chi connectivity index (χ1v) is 6.69. The van der Waals surface area contributed by atoms with E-state index in [1.54, 1.807) is 13.0 Å². The Bertz CT molecular complexity index is 563. The molecule has 0 atom stereocenters. The molecular formula is C13H13Cl2NO5. The third-order valence-corrected chi connectivity index (χ3v) is 3.14. The van der Waals surface area contributed by atoms with E-state index < -0.39 is 10.9 Å². The molecule has 0 aliphatic rings. The van der Waals surface area contributed by atoms with Crippen LogP contribution in [0.4, 0.5) is 5.69 Å². The summed E-state index contributed by atoms with van der Waals surface area (Å²) in [5.74, 6) is -0.317. The zero-order valence-corrected chi connectivity index (χ0v) is 12.9. The Balaban J connectivity index is 2.87. The third-order valence-electron chi connectivity index (χ3n) is 2.58. The predicted octanol–water partition coefficient (Wildman–Crippen LogP) is 3.79. The number of ether oxygens (including phenoxy) is 2. The summed E-state index contributed by atoms with van der Waals surface area (Å²) < 4.78 is 9.96. The second-order valence-electron chi connectivity index (χ2n) is 3.88. The summed E-state index contributed by atoms with van der Waals surface area (Å²) in [6.07, 6.45) is 2.03. The Morgan fingerprint density at radius 3 is 2.38 bits per heavy atom. The molecule has 6 nitrogen and oxygen atoms in total. The normalized spacial score (nSPS) is 11.1. The summed E-state index contributed by atoms with van der Waals surface area (Å²) in [5.41, 5.74) is 0.225. The Kier molecular flexibility index (Phi) is 6.45. The molecule has 1 aromatic carbocycles. The Morgan fingerprint density at radius 1 is 1.38 bits per heavy atom. The molecule has 114 valence electrons. The summed E-state index contributed by atoms with van der Waals surface area (Å²) in [7, 11) is 1.29. The van der Waals surface area contributed by atoms with Crippen molar-refractivity contribution >= 4 is 34.9 Å². The lowest BCUT2D eigenvalue weighted by Crippen LogP contribution is -2.06. The minimum Gasteiger partial charge on any atom is -0.486 e. The summed E-state index contributed by atoms with van der Waals surface area (Å²) in [6, 6.07) is 2.29. The van der Waals surface area contributed by atoms with Gasteiger partial charge in [0, 0.05) is 17.7 Å². The zero-order valence-electron chi connectivity index (χ0n) is 11.4. The van der Waals surface area contributed by atoms with E-state index in [-0.39, 0.29) is 28.1 Å². The maximum Gasteiger partial charge on any atom is 0.333 e. The third kappa shape index (κ3) is 4.61. The second-order valence-corrected chi connectivity index (χ2v) is 4.70. The van der Waals surface area contributed by atoms with Crippen LogP contribution in [0.1, 0.15) is 13.3 Å². The minimum atomic E-state index is -0.603. The molecule has 0 fully saturated rings. The highest BCUT2D eigenvalue weighted by atomic mass is 35.5. The van der Waals surface area contributed by atoms with Gasteiger partial charge in [-0.25, -0.2) is 4.79 Å². The number of hydrogen-bond donors (Lipinski definition) is 0. The number of non-ortho nitro benzene ring substituents is 1. The molecule has 1 rings (SSSR count). The van der Waals surface area contributed by atoms with Crippen molar-refractivity contribution in [3.63, 3.8) is 0 Å². The van der Waals surface area contributed by atoms with Gasteiger partial charge in [-0.3, -0.25) is 10.1 Å². The second kappa shape index (κ2) is 7.85. The fraction of sp³-hybridized carbons (Fsp3) is 0.308. The van der Waals surface area contributed by atoms with Crippen molar-refractivity contribution in [2.45, 2.75) is 13.3 Å². The number of carbonyl (C=O) groups is 1. The highest BCUT2D eigenvalue weighted by Crippen LogP contribution is 2.36. The van der Waals surface area contributed by atoms with Crippen molar-refractivity contribution in [2.75, 3.05) is 13.7 Å². The lowest BCUT2D eigenvalue weighted by Gasteiger charge is -2.09. The van der Waals surface area contributed by atoms with Crippen LogP contribution in [0.2, 0.25) is 10.0 Å². The molecule has 0 aromatic heterocycles. The van der Waals surface area contributed by atoms with Crippen LogP contribution in [-0.2, 0) is 9.53 Å². The van der Waals surface area contributed by atoms with Crippen molar-refractivity contribution in [1.29, 1.82) is 0 Å². The van der Waals surface area contributed by atoms with Gasteiger partial charge in [0.15, 0.2) is 5.75 Å². The number of esters is 1. The van der Waals surface area contributed by atoms with E-state index in [2.05, 4.69) is 4.74 Å². The molecule has 0 N–H and O–H groups in total. The van der Waals surface area contributed by atoms with Crippen LogP contribution in [0.15, 0.2) is 23.8 Å². The summed E-state index contributed by atoms with van der Waals surface area (Å²) >= 11 is 11.8. The average Bonchev–Trinajstić information content (AvgIpc) is 2.44. The number of nitro benzene ring substituents is 1. The van der Waals surface area contributed by atoms with E-state index in [4.69, 9.17) is 27.9 Å². The SMILES string of the molecule is CCC(=CCOc1c(Cl)cc([N+](=O)[O-])cc1Cl)C(=O)OC. The van der Waals surface area contributed by atoms with E-state index in [1.165, 1.54) is 7.11 Å². The topological polar surface area (TPSA) is 78.7 Å². The maximum absolute atomic E-state index is 11.4. The molecule has 0 heterocycles. The van der Waals surface area contributed by atoms with Crippen LogP contribution in [0.5, 0.6) is 5.75 Å². The van der Waals surface area contributed by atoms with Crippen LogP contribution >= 0.6 is 23.2 Å². The molecule has 0 saturated heterocycles. The molecule has 0 radical (unpaired) electrons. The standard InChI is InChI=1S/C13H13Cl2NO5/c1-3-8(13(17)20-2)4-5-21-12-10(14)6-9(16(18)19)7-11(12)15/h4,6-7H,3,5H2,1-2H3. The van der Waals surface area contributed by atoms with Crippen LogP contribution in [0, 0.1) is 10.1 Å². The zero-order chi connectivity index (χ0) is 16.0. The lowest BCUT2D eigenvalue weighted by molar-refractivity contribution is -0.384. The monoisotopic (exact) mass is 333 g/mol. The van der Waals surface area contributed by atoms with E-state index in [0.29, 0.717) is 12.0 Å². The van der Waals surface area contributed by atoms with E-state index >= 15 is 0 Å². The molecule has 0 unspecified atom stereocenters. The van der Waals surface area contributed by atoms with Gasteiger partial charge in [0.25, 0.3) is 5.69 Å². The van der Waals surface area contributed by atoms with Gasteiger partial charge in [-0.15, -0.1) is 0 Å². The van der Waals surface area contributed by atoms with Gasteiger partial charge >= 0.3 is 5.97 Å². The number of methoxy groups -OCH3 is 1. The number of hydrogen-bond acceptors (Lipinski definition) is 5. The van der Waals surface area contributed by atoms with Crippen molar-refractivity contribution in [2.24, 2.45) is 0 Å². The van der Waals surface area contributed by atoms with Gasteiger partial charge in [-0.05, 0) is 12.5 Å². The van der Waals surface area contributed by atoms with E-state index in [1.807, 2.05) is 0 Å². The molecule has 0 saturated carbocycles. The highest BCUT2D eigenvalue weighted by Gasteiger charge is 2.15. The number of halogens is 2. The summed E-state index contributed by atoms with van der Waals surface area (Å²) in [6.45, 7) is 1.84. The van der Waals surface area contributed by atoms with Gasteiger partial charge in [0.1, 0.15) is 6.61 Å². The quantitative estimate of drug-likeness (QED) is 0.342. The first-order chi connectivity index (χ1) is 9.90. The lowest BCUT2D eigenvalue weighted by atomic mass is 10.2. The molecule has 0 spiro atoms. The molecule has 0 aliphatic heterocycles. The van der Waals surface area contributed by atoms with Crippen LogP contribution in [-0.4, -0.2) is 24.6 Å². The van der Waals surface area contributed by atoms with Crippen LogP contribution in [0.25, 0.3) is 0 Å². The molecule has 0 bridgehead atoms. The molecular weight excluding hydrogens is 321 g/mol. The maximum atomic E-state index is 11.4. The highest BCUT2D eigenvalue weighted by molar-refractivity contribution is 6.37. The van der Waals surface area contributed by atoms with E-state index in [0.717, 1.165) is 12.1 Å². The van der Waals surface area contributed by atoms with Gasteiger partial charge in [-0.2, -0.15) is 0 Å². The number of carbonyl (C=O) groups excluding carboxylic acids is 1. The first-order valence-electron chi connectivity index (χ1n) is 5.94. The van der Waals surface area contributed by atoms with Crippen molar-refractivity contribution in [1.82, 2.24) is 0 Å². The fourth-order valence-corrected chi connectivity index (χ4v) is 2.10. The Hall–Kier alpha value is -1.79. The molecule has 0 aliphatic carbocycles. The van der Waals surface area contributed by atoms with Gasteiger partial charge in [0.05, 0.1) is 22.1 Å². The Labute approximate surface area is 131 Å². The van der Waals surface area contributed by atoms with Gasteiger partial charge in [-0.1, -0.05) is 30.1 Å². The first kappa shape index (κ1) is 17.3. The van der Waals surface area contributed by atoms with Crippen LogP contribution < -0.4 is 4.74 Å². The predicted molar refractivity (Wildman–Crippen MR) is 79.0 cm³/mol. The molecule has 0 amide bonds.